The maximum Gasteiger partial charge on any atom is 0.255 e. The zero-order valence-electron chi connectivity index (χ0n) is 20.0. The number of nitrogens with zero attached hydrogens (tertiary/aromatic N) is 2. The first-order chi connectivity index (χ1) is 16.4. The van der Waals surface area contributed by atoms with Gasteiger partial charge in [0.1, 0.15) is 18.4 Å². The lowest BCUT2D eigenvalue weighted by atomic mass is 10.1. The molecule has 3 aliphatic heterocycles. The van der Waals surface area contributed by atoms with Crippen molar-refractivity contribution in [3.63, 3.8) is 0 Å². The minimum atomic E-state index is -0.639. The van der Waals surface area contributed by atoms with E-state index in [1.165, 1.54) is 5.57 Å². The molecular weight excluding hydrogens is 434 g/mol. The molecule has 1 aromatic rings. The van der Waals surface area contributed by atoms with E-state index in [4.69, 9.17) is 9.47 Å². The second kappa shape index (κ2) is 11.0. The molecule has 8 heteroatoms. The molecule has 182 valence electrons. The van der Waals surface area contributed by atoms with Gasteiger partial charge >= 0.3 is 0 Å². The minimum Gasteiger partial charge on any atom is -0.489 e. The molecule has 2 saturated heterocycles. The number of amides is 3. The van der Waals surface area contributed by atoms with Gasteiger partial charge in [-0.05, 0) is 44.4 Å². The van der Waals surface area contributed by atoms with E-state index >= 15 is 0 Å². The van der Waals surface area contributed by atoms with Crippen molar-refractivity contribution >= 4 is 17.7 Å². The van der Waals surface area contributed by atoms with E-state index in [2.05, 4.69) is 29.3 Å². The highest BCUT2D eigenvalue weighted by molar-refractivity contribution is 6.04. The summed E-state index contributed by atoms with van der Waals surface area (Å²) in [5.74, 6) is -0.217. The van der Waals surface area contributed by atoms with Crippen LogP contribution in [0.15, 0.2) is 41.5 Å². The third-order valence-corrected chi connectivity index (χ3v) is 6.46. The van der Waals surface area contributed by atoms with Gasteiger partial charge in [-0.3, -0.25) is 24.6 Å². The molecule has 0 radical (unpaired) electrons. The lowest BCUT2D eigenvalue weighted by molar-refractivity contribution is -0.132. The number of rotatable bonds is 7. The fourth-order valence-electron chi connectivity index (χ4n) is 4.57. The average Bonchev–Trinajstić information content (AvgIpc) is 3.06. The SMILES string of the molecule is C/C(=C\C=C(/C)CN1CCOCC1)COc1cccc2c1CN([C@H]1CCCC(=O)NC1=O)C2=O. The van der Waals surface area contributed by atoms with Crippen molar-refractivity contribution in [2.45, 2.75) is 45.7 Å². The van der Waals surface area contributed by atoms with Crippen LogP contribution in [0.25, 0.3) is 0 Å². The maximum atomic E-state index is 13.0. The number of nitrogens with one attached hydrogen (secondary N) is 1. The van der Waals surface area contributed by atoms with Gasteiger partial charge in [-0.25, -0.2) is 0 Å². The zero-order chi connectivity index (χ0) is 24.1. The number of carbonyl (C=O) groups excluding carboxylic acids is 3. The summed E-state index contributed by atoms with van der Waals surface area (Å²) in [4.78, 5) is 41.1. The first-order valence-electron chi connectivity index (χ1n) is 11.9. The van der Waals surface area contributed by atoms with E-state index < -0.39 is 11.9 Å². The fraction of sp³-hybridized carbons (Fsp3) is 0.500. The molecule has 0 spiro atoms. The summed E-state index contributed by atoms with van der Waals surface area (Å²) in [5, 5.41) is 2.39. The van der Waals surface area contributed by atoms with Crippen LogP contribution in [0.2, 0.25) is 0 Å². The van der Waals surface area contributed by atoms with E-state index in [9.17, 15) is 14.4 Å². The van der Waals surface area contributed by atoms with Gasteiger partial charge in [0.2, 0.25) is 11.8 Å². The Labute approximate surface area is 200 Å². The van der Waals surface area contributed by atoms with Crippen LogP contribution in [-0.2, 0) is 20.9 Å². The molecule has 1 atom stereocenters. The Morgan fingerprint density at radius 3 is 2.71 bits per heavy atom. The minimum absolute atomic E-state index is 0.191. The van der Waals surface area contributed by atoms with Crippen LogP contribution in [0.1, 0.15) is 49.0 Å². The molecule has 1 N–H and O–H groups in total. The summed E-state index contributed by atoms with van der Waals surface area (Å²) >= 11 is 0. The predicted octanol–water partition coefficient (Wildman–Crippen LogP) is 2.44. The molecule has 0 aromatic heterocycles. The monoisotopic (exact) mass is 467 g/mol. The van der Waals surface area contributed by atoms with Crippen molar-refractivity contribution in [1.82, 2.24) is 15.1 Å². The first kappa shape index (κ1) is 24.2. The topological polar surface area (TPSA) is 88.2 Å². The second-order valence-corrected chi connectivity index (χ2v) is 9.24. The molecule has 3 aliphatic rings. The number of hydrogen-bond acceptors (Lipinski definition) is 6. The molecule has 2 fully saturated rings. The largest absolute Gasteiger partial charge is 0.489 e. The third-order valence-electron chi connectivity index (χ3n) is 6.46. The van der Waals surface area contributed by atoms with Crippen LogP contribution in [0, 0.1) is 0 Å². The Bertz CT molecular complexity index is 1010. The van der Waals surface area contributed by atoms with Gasteiger partial charge < -0.3 is 14.4 Å². The highest BCUT2D eigenvalue weighted by Gasteiger charge is 2.39. The molecule has 0 bridgehead atoms. The van der Waals surface area contributed by atoms with E-state index in [1.807, 2.05) is 13.0 Å². The lowest BCUT2D eigenvalue weighted by Crippen LogP contribution is -2.46. The van der Waals surface area contributed by atoms with E-state index in [0.29, 0.717) is 43.7 Å². The number of imide groups is 1. The van der Waals surface area contributed by atoms with Gasteiger partial charge in [-0.2, -0.15) is 0 Å². The zero-order valence-corrected chi connectivity index (χ0v) is 20.0. The van der Waals surface area contributed by atoms with Crippen LogP contribution in [0.4, 0.5) is 0 Å². The summed E-state index contributed by atoms with van der Waals surface area (Å²) in [7, 11) is 0. The van der Waals surface area contributed by atoms with Crippen LogP contribution >= 0.6 is 0 Å². The first-order valence-corrected chi connectivity index (χ1v) is 11.9. The second-order valence-electron chi connectivity index (χ2n) is 9.24. The summed E-state index contributed by atoms with van der Waals surface area (Å²) in [6.45, 7) is 9.30. The van der Waals surface area contributed by atoms with Gasteiger partial charge in [-0.1, -0.05) is 23.8 Å². The van der Waals surface area contributed by atoms with E-state index in [0.717, 1.165) is 44.0 Å². The Balaban J connectivity index is 1.38. The van der Waals surface area contributed by atoms with Crippen molar-refractivity contribution in [1.29, 1.82) is 0 Å². The Morgan fingerprint density at radius 1 is 1.15 bits per heavy atom. The van der Waals surface area contributed by atoms with E-state index in [1.54, 1.807) is 17.0 Å². The summed E-state index contributed by atoms with van der Waals surface area (Å²) in [6, 6.07) is 4.79. The van der Waals surface area contributed by atoms with Crippen LogP contribution in [0.3, 0.4) is 0 Å². The Hall–Kier alpha value is -2.97. The van der Waals surface area contributed by atoms with Crippen molar-refractivity contribution in [2.75, 3.05) is 39.5 Å². The standard InChI is InChI=1S/C26H33N3O5/c1-18(15-28-11-13-33-14-12-28)9-10-19(2)17-34-23-7-3-5-20-21(23)16-29(26(20)32)22-6-4-8-24(30)27-25(22)31/h3,5,7,9-10,22H,4,6,8,11-17H2,1-2H3,(H,27,30,31)/b18-9+,19-10+/t22-/m0/s1. The molecule has 4 rings (SSSR count). The highest BCUT2D eigenvalue weighted by Crippen LogP contribution is 2.33. The molecule has 3 amide bonds. The van der Waals surface area contributed by atoms with Gasteiger partial charge in [0.05, 0.1) is 19.8 Å². The van der Waals surface area contributed by atoms with Crippen LogP contribution in [-0.4, -0.2) is 73.0 Å². The number of benzene rings is 1. The highest BCUT2D eigenvalue weighted by atomic mass is 16.5. The number of ether oxygens (including phenoxy) is 2. The summed E-state index contributed by atoms with van der Waals surface area (Å²) in [5.41, 5.74) is 3.71. The average molecular weight is 468 g/mol. The van der Waals surface area contributed by atoms with Gasteiger partial charge in [0.25, 0.3) is 5.91 Å². The van der Waals surface area contributed by atoms with Crippen LogP contribution < -0.4 is 10.1 Å². The van der Waals surface area contributed by atoms with Crippen molar-refractivity contribution in [3.05, 3.63) is 52.6 Å². The molecule has 3 heterocycles. The number of fused-ring (bicyclic) bond motifs is 1. The maximum absolute atomic E-state index is 13.0. The fourth-order valence-corrected chi connectivity index (χ4v) is 4.57. The quantitative estimate of drug-likeness (QED) is 0.490. The molecule has 34 heavy (non-hydrogen) atoms. The number of morpholine rings is 1. The van der Waals surface area contributed by atoms with Crippen molar-refractivity contribution in [2.24, 2.45) is 0 Å². The smallest absolute Gasteiger partial charge is 0.255 e. The van der Waals surface area contributed by atoms with Gasteiger partial charge in [-0.15, -0.1) is 0 Å². The molecule has 0 saturated carbocycles. The number of hydrogen-bond donors (Lipinski definition) is 1. The number of carbonyl (C=O) groups is 3. The molecular formula is C26H33N3O5. The Morgan fingerprint density at radius 2 is 1.91 bits per heavy atom. The Kier molecular flexibility index (Phi) is 7.80. The molecule has 8 nitrogen and oxygen atoms in total. The van der Waals surface area contributed by atoms with Gasteiger partial charge in [0.15, 0.2) is 0 Å². The van der Waals surface area contributed by atoms with Gasteiger partial charge in [0, 0.05) is 37.2 Å². The van der Waals surface area contributed by atoms with Crippen molar-refractivity contribution in [3.8, 4) is 5.75 Å². The predicted molar refractivity (Wildman–Crippen MR) is 127 cm³/mol. The summed E-state index contributed by atoms with van der Waals surface area (Å²) < 4.78 is 11.5. The number of allylic oxidation sites excluding steroid dienone is 2. The molecule has 1 aromatic carbocycles. The van der Waals surface area contributed by atoms with Crippen LogP contribution in [0.5, 0.6) is 5.75 Å². The lowest BCUT2D eigenvalue weighted by Gasteiger charge is -2.26. The van der Waals surface area contributed by atoms with E-state index in [-0.39, 0.29) is 11.8 Å². The molecule has 0 aliphatic carbocycles. The summed E-state index contributed by atoms with van der Waals surface area (Å²) in [6.07, 6.45) is 5.56. The van der Waals surface area contributed by atoms with Crippen molar-refractivity contribution < 1.29 is 23.9 Å². The molecule has 0 unspecified atom stereocenters. The normalized spacial score (nSPS) is 22.5. The third kappa shape index (κ3) is 5.74.